The van der Waals surface area contributed by atoms with Gasteiger partial charge in [0, 0.05) is 37.9 Å². The molecule has 0 bridgehead atoms. The van der Waals surface area contributed by atoms with Crippen LogP contribution in [0.3, 0.4) is 0 Å². The van der Waals surface area contributed by atoms with Crippen molar-refractivity contribution in [1.82, 2.24) is 14.9 Å². The lowest BCUT2D eigenvalue weighted by Crippen LogP contribution is -2.49. The van der Waals surface area contributed by atoms with E-state index in [1.54, 1.807) is 24.8 Å². The van der Waals surface area contributed by atoms with Gasteiger partial charge >= 0.3 is 6.09 Å². The van der Waals surface area contributed by atoms with E-state index in [-0.39, 0.29) is 12.0 Å². The average Bonchev–Trinajstić information content (AvgIpc) is 2.69. The molecule has 1 aromatic carbocycles. The maximum absolute atomic E-state index is 12.7. The van der Waals surface area contributed by atoms with Gasteiger partial charge in [-0.05, 0) is 32.4 Å². The number of nitrogens with zero attached hydrogens (tertiary/aromatic N) is 4. The Labute approximate surface area is 164 Å². The largest absolute Gasteiger partial charge is 0.450 e. The van der Waals surface area contributed by atoms with Gasteiger partial charge in [0.15, 0.2) is 0 Å². The Morgan fingerprint density at radius 2 is 1.82 bits per heavy atom. The zero-order valence-electron chi connectivity index (χ0n) is 16.4. The highest BCUT2D eigenvalue weighted by atomic mass is 16.6. The topological polar surface area (TPSA) is 87.7 Å². The van der Waals surface area contributed by atoms with Crippen LogP contribution >= 0.6 is 0 Å². The normalized spacial score (nSPS) is 14.0. The number of carbonyl (C=O) groups excluding carboxylic acids is 2. The zero-order valence-corrected chi connectivity index (χ0v) is 16.4. The molecule has 1 saturated heterocycles. The third-order valence-corrected chi connectivity index (χ3v) is 4.58. The smallest absolute Gasteiger partial charge is 0.409 e. The molecule has 8 heteroatoms. The number of para-hydroxylation sites is 1. The Morgan fingerprint density at radius 1 is 1.11 bits per heavy atom. The van der Waals surface area contributed by atoms with Crippen LogP contribution in [0.5, 0.6) is 0 Å². The predicted molar refractivity (Wildman–Crippen MR) is 107 cm³/mol. The number of benzene rings is 1. The minimum Gasteiger partial charge on any atom is -0.450 e. The van der Waals surface area contributed by atoms with Crippen LogP contribution in [0.25, 0.3) is 0 Å². The van der Waals surface area contributed by atoms with Crippen molar-refractivity contribution in [2.75, 3.05) is 43.0 Å². The summed E-state index contributed by atoms with van der Waals surface area (Å²) in [5.74, 6) is 0.942. The lowest BCUT2D eigenvalue weighted by molar-refractivity contribution is 0.102. The SMILES string of the molecule is CCOC(=O)N1CCN(c2cc(C(=O)Nc3ccccc3C)nc(C)n2)CC1. The van der Waals surface area contributed by atoms with Crippen LogP contribution in [0.15, 0.2) is 30.3 Å². The summed E-state index contributed by atoms with van der Waals surface area (Å²) in [5.41, 5.74) is 2.06. The van der Waals surface area contributed by atoms with Crippen molar-refractivity contribution in [3.8, 4) is 0 Å². The van der Waals surface area contributed by atoms with Gasteiger partial charge in [0.1, 0.15) is 17.3 Å². The van der Waals surface area contributed by atoms with Gasteiger partial charge in [-0.15, -0.1) is 0 Å². The van der Waals surface area contributed by atoms with Gasteiger partial charge in [-0.2, -0.15) is 0 Å². The molecule has 1 N–H and O–H groups in total. The molecule has 28 heavy (non-hydrogen) atoms. The van der Waals surface area contributed by atoms with Crippen LogP contribution in [-0.4, -0.2) is 59.7 Å². The fraction of sp³-hybridized carbons (Fsp3) is 0.400. The summed E-state index contributed by atoms with van der Waals surface area (Å²) >= 11 is 0. The summed E-state index contributed by atoms with van der Waals surface area (Å²) in [6.07, 6.45) is -0.292. The molecule has 0 unspecified atom stereocenters. The number of anilines is 2. The fourth-order valence-electron chi connectivity index (χ4n) is 3.06. The van der Waals surface area contributed by atoms with Gasteiger partial charge in [0.25, 0.3) is 5.91 Å². The number of nitrogens with one attached hydrogen (secondary N) is 1. The molecular formula is C20H25N5O3. The number of amides is 2. The molecule has 3 rings (SSSR count). The molecule has 2 amide bonds. The highest BCUT2D eigenvalue weighted by Gasteiger charge is 2.24. The second kappa shape index (κ2) is 8.69. The lowest BCUT2D eigenvalue weighted by Gasteiger charge is -2.34. The van der Waals surface area contributed by atoms with E-state index in [0.29, 0.717) is 50.1 Å². The summed E-state index contributed by atoms with van der Waals surface area (Å²) in [6, 6.07) is 9.29. The molecule has 0 aliphatic carbocycles. The first-order valence-corrected chi connectivity index (χ1v) is 9.37. The molecule has 148 valence electrons. The van der Waals surface area contributed by atoms with Gasteiger partial charge in [0.05, 0.1) is 6.61 Å². The van der Waals surface area contributed by atoms with Crippen molar-refractivity contribution in [3.05, 3.63) is 47.4 Å². The van der Waals surface area contributed by atoms with Crippen LogP contribution in [0, 0.1) is 13.8 Å². The van der Waals surface area contributed by atoms with Crippen LogP contribution in [0.1, 0.15) is 28.8 Å². The van der Waals surface area contributed by atoms with Crippen molar-refractivity contribution in [2.45, 2.75) is 20.8 Å². The number of carbonyl (C=O) groups is 2. The molecule has 2 aromatic rings. The van der Waals surface area contributed by atoms with Crippen LogP contribution in [0.2, 0.25) is 0 Å². The minimum absolute atomic E-state index is 0.272. The van der Waals surface area contributed by atoms with E-state index in [0.717, 1.165) is 11.3 Å². The van der Waals surface area contributed by atoms with E-state index in [1.807, 2.05) is 31.2 Å². The number of hydrogen-bond acceptors (Lipinski definition) is 6. The van der Waals surface area contributed by atoms with Crippen LogP contribution < -0.4 is 10.2 Å². The minimum atomic E-state index is -0.292. The molecular weight excluding hydrogens is 358 g/mol. The summed E-state index contributed by atoms with van der Waals surface area (Å²) in [6.45, 7) is 8.20. The number of hydrogen-bond donors (Lipinski definition) is 1. The molecule has 0 atom stereocenters. The quantitative estimate of drug-likeness (QED) is 0.873. The van der Waals surface area contributed by atoms with E-state index in [1.165, 1.54) is 0 Å². The maximum Gasteiger partial charge on any atom is 0.409 e. The number of aromatic nitrogens is 2. The highest BCUT2D eigenvalue weighted by molar-refractivity contribution is 6.03. The molecule has 1 aliphatic rings. The Morgan fingerprint density at radius 3 is 2.50 bits per heavy atom. The van der Waals surface area contributed by atoms with E-state index in [2.05, 4.69) is 20.2 Å². The first-order valence-electron chi connectivity index (χ1n) is 9.37. The predicted octanol–water partition coefficient (Wildman–Crippen LogP) is 2.62. The summed E-state index contributed by atoms with van der Waals surface area (Å²) in [4.78, 5) is 37.0. The van der Waals surface area contributed by atoms with Crippen molar-refractivity contribution in [2.24, 2.45) is 0 Å². The van der Waals surface area contributed by atoms with Gasteiger partial charge in [-0.1, -0.05) is 18.2 Å². The summed E-state index contributed by atoms with van der Waals surface area (Å²) in [7, 11) is 0. The van der Waals surface area contributed by atoms with Gasteiger partial charge in [0.2, 0.25) is 0 Å². The van der Waals surface area contributed by atoms with E-state index < -0.39 is 0 Å². The monoisotopic (exact) mass is 383 g/mol. The number of rotatable bonds is 4. The molecule has 0 radical (unpaired) electrons. The Kier molecular flexibility index (Phi) is 6.08. The van der Waals surface area contributed by atoms with Crippen LogP contribution in [-0.2, 0) is 4.74 Å². The molecule has 1 fully saturated rings. The zero-order chi connectivity index (χ0) is 20.1. The van der Waals surface area contributed by atoms with E-state index >= 15 is 0 Å². The highest BCUT2D eigenvalue weighted by Crippen LogP contribution is 2.18. The molecule has 0 saturated carbocycles. The van der Waals surface area contributed by atoms with Crippen molar-refractivity contribution < 1.29 is 14.3 Å². The molecule has 2 heterocycles. The number of aryl methyl sites for hydroxylation is 2. The van der Waals surface area contributed by atoms with Crippen molar-refractivity contribution >= 4 is 23.5 Å². The van der Waals surface area contributed by atoms with Gasteiger partial charge in [-0.3, -0.25) is 4.79 Å². The second-order valence-corrected chi connectivity index (χ2v) is 6.60. The summed E-state index contributed by atoms with van der Waals surface area (Å²) < 4.78 is 5.05. The summed E-state index contributed by atoms with van der Waals surface area (Å²) in [5, 5.41) is 2.90. The first kappa shape index (κ1) is 19.6. The van der Waals surface area contributed by atoms with E-state index in [4.69, 9.17) is 4.74 Å². The fourth-order valence-corrected chi connectivity index (χ4v) is 3.06. The maximum atomic E-state index is 12.7. The molecule has 1 aliphatic heterocycles. The Hall–Kier alpha value is -3.16. The van der Waals surface area contributed by atoms with E-state index in [9.17, 15) is 9.59 Å². The van der Waals surface area contributed by atoms with Crippen molar-refractivity contribution in [3.63, 3.8) is 0 Å². The number of piperazine rings is 1. The standard InChI is InChI=1S/C20H25N5O3/c1-4-28-20(27)25-11-9-24(10-12-25)18-13-17(21-15(3)22-18)19(26)23-16-8-6-5-7-14(16)2/h5-8,13H,4,9-12H2,1-3H3,(H,23,26). The molecule has 1 aromatic heterocycles. The number of ether oxygens (including phenoxy) is 1. The van der Waals surface area contributed by atoms with Crippen molar-refractivity contribution in [1.29, 1.82) is 0 Å². The third kappa shape index (κ3) is 4.57. The average molecular weight is 383 g/mol. The molecule has 0 spiro atoms. The third-order valence-electron chi connectivity index (χ3n) is 4.58. The lowest BCUT2D eigenvalue weighted by atomic mass is 10.2. The van der Waals surface area contributed by atoms with Gasteiger partial charge < -0.3 is 19.9 Å². The Bertz CT molecular complexity index is 863. The first-order chi connectivity index (χ1) is 13.5. The second-order valence-electron chi connectivity index (χ2n) is 6.60. The van der Waals surface area contributed by atoms with Crippen LogP contribution in [0.4, 0.5) is 16.3 Å². The van der Waals surface area contributed by atoms with Gasteiger partial charge in [-0.25, -0.2) is 14.8 Å². The molecule has 8 nitrogen and oxygen atoms in total. The Balaban J connectivity index is 1.71.